The Morgan fingerprint density at radius 2 is 2.36 bits per heavy atom. The predicted octanol–water partition coefficient (Wildman–Crippen LogP) is 1.57. The lowest BCUT2D eigenvalue weighted by atomic mass is 10.2. The van der Waals surface area contributed by atoms with E-state index in [9.17, 15) is 4.79 Å². The summed E-state index contributed by atoms with van der Waals surface area (Å²) < 4.78 is 0. The Kier molecular flexibility index (Phi) is 2.23. The number of anilines is 1. The first-order valence-corrected chi connectivity index (χ1v) is 4.59. The monoisotopic (exact) mass is 188 g/mol. The van der Waals surface area contributed by atoms with Gasteiger partial charge in [0.05, 0.1) is 5.69 Å². The van der Waals surface area contributed by atoms with Crippen LogP contribution in [0.3, 0.4) is 0 Å². The van der Waals surface area contributed by atoms with Crippen molar-refractivity contribution in [3.05, 3.63) is 36.4 Å². The maximum atomic E-state index is 11.0. The summed E-state index contributed by atoms with van der Waals surface area (Å²) in [4.78, 5) is 11.0. The smallest absolute Gasteiger partial charge is 0.240 e. The van der Waals surface area contributed by atoms with Crippen LogP contribution in [-0.4, -0.2) is 12.5 Å². The molecule has 1 aliphatic heterocycles. The van der Waals surface area contributed by atoms with Gasteiger partial charge in [-0.1, -0.05) is 24.8 Å². The predicted molar refractivity (Wildman–Crippen MR) is 56.6 cm³/mol. The molecule has 2 rings (SSSR count). The molecule has 0 saturated carbocycles. The number of nitrogens with one attached hydrogen (secondary N) is 1. The standard InChI is InChI=1S/C11H12N2O/c1-2-9-4-3-5-10(8-9)13-7-6-11(14)12-13/h2-5,8H,1,6-7H2,(H,12,14). The molecule has 0 atom stereocenters. The molecule has 1 fully saturated rings. The number of hydrogen-bond acceptors (Lipinski definition) is 2. The molecule has 0 unspecified atom stereocenters. The molecular formula is C11H12N2O. The van der Waals surface area contributed by atoms with Crippen LogP contribution >= 0.6 is 0 Å². The van der Waals surface area contributed by atoms with Crippen LogP contribution in [0.25, 0.3) is 6.08 Å². The first kappa shape index (κ1) is 8.81. The quantitative estimate of drug-likeness (QED) is 0.764. The minimum atomic E-state index is 0.0778. The number of amides is 1. The molecule has 0 radical (unpaired) electrons. The summed E-state index contributed by atoms with van der Waals surface area (Å²) in [7, 11) is 0. The minimum absolute atomic E-state index is 0.0778. The normalized spacial score (nSPS) is 15.4. The van der Waals surface area contributed by atoms with Crippen LogP contribution in [0.5, 0.6) is 0 Å². The second-order valence-corrected chi connectivity index (χ2v) is 3.24. The minimum Gasteiger partial charge on any atom is -0.285 e. The molecule has 72 valence electrons. The third-order valence-corrected chi connectivity index (χ3v) is 2.24. The van der Waals surface area contributed by atoms with E-state index in [0.717, 1.165) is 17.8 Å². The topological polar surface area (TPSA) is 32.3 Å². The Labute approximate surface area is 83.0 Å². The van der Waals surface area contributed by atoms with E-state index in [1.807, 2.05) is 29.3 Å². The first-order valence-electron chi connectivity index (χ1n) is 4.59. The lowest BCUT2D eigenvalue weighted by Crippen LogP contribution is -2.32. The van der Waals surface area contributed by atoms with Crippen molar-refractivity contribution in [2.75, 3.05) is 11.6 Å². The van der Waals surface area contributed by atoms with E-state index in [1.54, 1.807) is 6.08 Å². The van der Waals surface area contributed by atoms with E-state index in [4.69, 9.17) is 0 Å². The van der Waals surface area contributed by atoms with Gasteiger partial charge in [-0.25, -0.2) is 0 Å². The van der Waals surface area contributed by atoms with Gasteiger partial charge in [0.25, 0.3) is 0 Å². The highest BCUT2D eigenvalue weighted by Crippen LogP contribution is 2.17. The molecule has 0 bridgehead atoms. The summed E-state index contributed by atoms with van der Waals surface area (Å²) in [5.41, 5.74) is 4.85. The van der Waals surface area contributed by atoms with E-state index in [-0.39, 0.29) is 5.91 Å². The Hall–Kier alpha value is -1.77. The van der Waals surface area contributed by atoms with Crippen molar-refractivity contribution in [2.45, 2.75) is 6.42 Å². The number of hydrazine groups is 1. The van der Waals surface area contributed by atoms with Crippen LogP contribution in [0.1, 0.15) is 12.0 Å². The van der Waals surface area contributed by atoms with Crippen molar-refractivity contribution < 1.29 is 4.79 Å². The van der Waals surface area contributed by atoms with Crippen LogP contribution in [0, 0.1) is 0 Å². The fraction of sp³-hybridized carbons (Fsp3) is 0.182. The second-order valence-electron chi connectivity index (χ2n) is 3.24. The average Bonchev–Trinajstić information content (AvgIpc) is 2.65. The first-order chi connectivity index (χ1) is 6.79. The molecule has 1 N–H and O–H groups in total. The van der Waals surface area contributed by atoms with Gasteiger partial charge in [-0.3, -0.25) is 15.2 Å². The van der Waals surface area contributed by atoms with Gasteiger partial charge in [0, 0.05) is 13.0 Å². The van der Waals surface area contributed by atoms with Crippen molar-refractivity contribution in [2.24, 2.45) is 0 Å². The molecule has 3 nitrogen and oxygen atoms in total. The Balaban J connectivity index is 2.23. The molecule has 3 heteroatoms. The Morgan fingerprint density at radius 1 is 1.50 bits per heavy atom. The Bertz CT molecular complexity index is 373. The summed E-state index contributed by atoms with van der Waals surface area (Å²) in [6, 6.07) is 7.91. The van der Waals surface area contributed by atoms with Crippen molar-refractivity contribution >= 4 is 17.7 Å². The number of carbonyl (C=O) groups is 1. The highest BCUT2D eigenvalue weighted by molar-refractivity contribution is 5.81. The van der Waals surface area contributed by atoms with Crippen LogP contribution in [0.15, 0.2) is 30.8 Å². The highest BCUT2D eigenvalue weighted by atomic mass is 16.2. The van der Waals surface area contributed by atoms with Gasteiger partial charge in [-0.15, -0.1) is 0 Å². The summed E-state index contributed by atoms with van der Waals surface area (Å²) in [5.74, 6) is 0.0778. The molecule has 0 aromatic heterocycles. The molecule has 1 aliphatic rings. The third-order valence-electron chi connectivity index (χ3n) is 2.24. The van der Waals surface area contributed by atoms with Crippen molar-refractivity contribution in [1.29, 1.82) is 0 Å². The second kappa shape index (κ2) is 3.54. The van der Waals surface area contributed by atoms with E-state index in [2.05, 4.69) is 12.0 Å². The maximum Gasteiger partial charge on any atom is 0.240 e. The molecular weight excluding hydrogens is 176 g/mol. The zero-order chi connectivity index (χ0) is 9.97. The summed E-state index contributed by atoms with van der Waals surface area (Å²) in [6.07, 6.45) is 2.36. The maximum absolute atomic E-state index is 11.0. The van der Waals surface area contributed by atoms with Crippen LogP contribution in [0.4, 0.5) is 5.69 Å². The van der Waals surface area contributed by atoms with Crippen molar-refractivity contribution in [3.63, 3.8) is 0 Å². The number of nitrogens with zero attached hydrogens (tertiary/aromatic N) is 1. The molecule has 0 spiro atoms. The van der Waals surface area contributed by atoms with Crippen LogP contribution in [0.2, 0.25) is 0 Å². The van der Waals surface area contributed by atoms with Gasteiger partial charge in [0.2, 0.25) is 5.91 Å². The van der Waals surface area contributed by atoms with Gasteiger partial charge >= 0.3 is 0 Å². The molecule has 1 aromatic rings. The highest BCUT2D eigenvalue weighted by Gasteiger charge is 2.18. The van der Waals surface area contributed by atoms with Gasteiger partial charge in [-0.2, -0.15) is 0 Å². The Morgan fingerprint density at radius 3 is 3.00 bits per heavy atom. The number of hydrogen-bond donors (Lipinski definition) is 1. The number of carbonyl (C=O) groups excluding carboxylic acids is 1. The van der Waals surface area contributed by atoms with Gasteiger partial charge in [-0.05, 0) is 17.7 Å². The molecule has 1 amide bonds. The largest absolute Gasteiger partial charge is 0.285 e. The third kappa shape index (κ3) is 1.62. The zero-order valence-electron chi connectivity index (χ0n) is 7.86. The molecule has 1 aromatic carbocycles. The lowest BCUT2D eigenvalue weighted by Gasteiger charge is -2.17. The van der Waals surface area contributed by atoms with Crippen molar-refractivity contribution in [3.8, 4) is 0 Å². The number of benzene rings is 1. The SMILES string of the molecule is C=Cc1cccc(N2CCC(=O)N2)c1. The van der Waals surface area contributed by atoms with E-state index in [0.29, 0.717) is 6.42 Å². The van der Waals surface area contributed by atoms with E-state index < -0.39 is 0 Å². The average molecular weight is 188 g/mol. The molecule has 0 aliphatic carbocycles. The summed E-state index contributed by atoms with van der Waals surface area (Å²) in [6.45, 7) is 4.44. The lowest BCUT2D eigenvalue weighted by molar-refractivity contribution is -0.119. The summed E-state index contributed by atoms with van der Waals surface area (Å²) in [5, 5.41) is 1.86. The molecule has 1 heterocycles. The number of rotatable bonds is 2. The van der Waals surface area contributed by atoms with Crippen LogP contribution < -0.4 is 10.4 Å². The fourth-order valence-corrected chi connectivity index (χ4v) is 1.49. The van der Waals surface area contributed by atoms with Gasteiger partial charge in [0.15, 0.2) is 0 Å². The van der Waals surface area contributed by atoms with Gasteiger partial charge in [0.1, 0.15) is 0 Å². The van der Waals surface area contributed by atoms with Crippen molar-refractivity contribution in [1.82, 2.24) is 5.43 Å². The van der Waals surface area contributed by atoms with E-state index in [1.165, 1.54) is 0 Å². The van der Waals surface area contributed by atoms with Gasteiger partial charge < -0.3 is 0 Å². The summed E-state index contributed by atoms with van der Waals surface area (Å²) >= 11 is 0. The van der Waals surface area contributed by atoms with E-state index >= 15 is 0 Å². The molecule has 1 saturated heterocycles. The molecule has 14 heavy (non-hydrogen) atoms. The van der Waals surface area contributed by atoms with Crippen LogP contribution in [-0.2, 0) is 4.79 Å². The zero-order valence-corrected chi connectivity index (χ0v) is 7.86. The fourth-order valence-electron chi connectivity index (χ4n) is 1.49.